The number of anilines is 1. The van der Waals surface area contributed by atoms with Crippen LogP contribution in [0.3, 0.4) is 0 Å². The number of hydrogen-bond donors (Lipinski definition) is 1. The number of methoxy groups -OCH3 is 1. The summed E-state index contributed by atoms with van der Waals surface area (Å²) in [6, 6.07) is 4.25. The number of aryl methyl sites for hydroxylation is 1. The monoisotopic (exact) mass is 245 g/mol. The highest BCUT2D eigenvalue weighted by atomic mass is 16.5. The maximum absolute atomic E-state index is 6.01. The van der Waals surface area contributed by atoms with E-state index in [9.17, 15) is 0 Å². The first-order chi connectivity index (χ1) is 8.76. The van der Waals surface area contributed by atoms with Gasteiger partial charge in [-0.25, -0.2) is 0 Å². The number of allylic oxidation sites excluding steroid dienone is 1. The van der Waals surface area contributed by atoms with E-state index >= 15 is 0 Å². The summed E-state index contributed by atoms with van der Waals surface area (Å²) in [6.07, 6.45) is 8.97. The third-order valence-corrected chi connectivity index (χ3v) is 3.73. The summed E-state index contributed by atoms with van der Waals surface area (Å²) in [5.41, 5.74) is 11.1. The average molecular weight is 245 g/mol. The Bertz CT molecular complexity index is 437. The van der Waals surface area contributed by atoms with Crippen LogP contribution in [0.1, 0.15) is 48.8 Å². The van der Waals surface area contributed by atoms with Gasteiger partial charge in [-0.15, -0.1) is 0 Å². The van der Waals surface area contributed by atoms with E-state index in [2.05, 4.69) is 31.2 Å². The van der Waals surface area contributed by atoms with Crippen LogP contribution >= 0.6 is 0 Å². The van der Waals surface area contributed by atoms with Gasteiger partial charge in [-0.1, -0.05) is 19.1 Å². The third-order valence-electron chi connectivity index (χ3n) is 3.73. The molecule has 0 unspecified atom stereocenters. The molecule has 1 aliphatic rings. The van der Waals surface area contributed by atoms with Crippen LogP contribution in [0.15, 0.2) is 18.2 Å². The molecule has 0 saturated carbocycles. The van der Waals surface area contributed by atoms with Crippen LogP contribution in [0.25, 0.3) is 6.08 Å². The largest absolute Gasteiger partial charge is 0.399 e. The molecule has 98 valence electrons. The molecule has 0 aliphatic heterocycles. The fraction of sp³-hybridized carbons (Fsp3) is 0.500. The quantitative estimate of drug-likeness (QED) is 0.633. The normalized spacial score (nSPS) is 17.8. The van der Waals surface area contributed by atoms with Gasteiger partial charge in [-0.2, -0.15) is 0 Å². The molecule has 1 aromatic rings. The Kier molecular flexibility index (Phi) is 4.43. The van der Waals surface area contributed by atoms with Crippen LogP contribution < -0.4 is 5.73 Å². The van der Waals surface area contributed by atoms with Crippen molar-refractivity contribution in [3.8, 4) is 0 Å². The second kappa shape index (κ2) is 6.05. The lowest BCUT2D eigenvalue weighted by molar-refractivity contribution is 0.195. The summed E-state index contributed by atoms with van der Waals surface area (Å²) >= 11 is 0. The standard InChI is InChI=1S/C16H23NO/c1-3-12-6-4-7-13-10-15(17)11-14(16(12)13)8-5-9-18-2/h4,7,10-12H,3,5-6,8-9,17H2,1-2H3/t12-/m1/s1. The zero-order chi connectivity index (χ0) is 13.0. The number of hydrogen-bond acceptors (Lipinski definition) is 2. The number of rotatable bonds is 5. The Hall–Kier alpha value is -1.28. The van der Waals surface area contributed by atoms with Crippen LogP contribution in [-0.4, -0.2) is 13.7 Å². The molecule has 2 rings (SSSR count). The lowest BCUT2D eigenvalue weighted by Crippen LogP contribution is -2.09. The van der Waals surface area contributed by atoms with E-state index in [-0.39, 0.29) is 0 Å². The molecular weight excluding hydrogens is 222 g/mol. The molecule has 1 aliphatic carbocycles. The maximum Gasteiger partial charge on any atom is 0.0465 e. The van der Waals surface area contributed by atoms with Crippen LogP contribution in [0.4, 0.5) is 5.69 Å². The van der Waals surface area contributed by atoms with Gasteiger partial charge in [0.25, 0.3) is 0 Å². The summed E-state index contributed by atoms with van der Waals surface area (Å²) in [5.74, 6) is 0.656. The van der Waals surface area contributed by atoms with Crippen molar-refractivity contribution in [1.82, 2.24) is 0 Å². The average Bonchev–Trinajstić information content (AvgIpc) is 2.37. The summed E-state index contributed by atoms with van der Waals surface area (Å²) < 4.78 is 5.15. The van der Waals surface area contributed by atoms with Crippen molar-refractivity contribution in [2.75, 3.05) is 19.5 Å². The molecule has 0 fully saturated rings. The van der Waals surface area contributed by atoms with E-state index in [1.54, 1.807) is 7.11 Å². The molecule has 0 aromatic heterocycles. The molecule has 2 heteroatoms. The number of ether oxygens (including phenoxy) is 1. The fourth-order valence-corrected chi connectivity index (χ4v) is 2.86. The van der Waals surface area contributed by atoms with Gasteiger partial charge in [0.05, 0.1) is 0 Å². The topological polar surface area (TPSA) is 35.2 Å². The molecule has 0 saturated heterocycles. The lowest BCUT2D eigenvalue weighted by Gasteiger charge is -2.24. The second-order valence-electron chi connectivity index (χ2n) is 5.02. The molecule has 0 amide bonds. The Labute approximate surface area is 110 Å². The van der Waals surface area contributed by atoms with Gasteiger partial charge in [0.1, 0.15) is 0 Å². The Morgan fingerprint density at radius 2 is 2.22 bits per heavy atom. The number of nitrogens with two attached hydrogens (primary N) is 1. The third kappa shape index (κ3) is 2.75. The first kappa shape index (κ1) is 13.2. The molecule has 0 spiro atoms. The van der Waals surface area contributed by atoms with Crippen molar-refractivity contribution in [3.63, 3.8) is 0 Å². The van der Waals surface area contributed by atoms with E-state index < -0.39 is 0 Å². The van der Waals surface area contributed by atoms with Gasteiger partial charge in [0.2, 0.25) is 0 Å². The Balaban J connectivity index is 2.32. The fourth-order valence-electron chi connectivity index (χ4n) is 2.86. The summed E-state index contributed by atoms with van der Waals surface area (Å²) in [4.78, 5) is 0. The van der Waals surface area contributed by atoms with E-state index in [1.165, 1.54) is 23.1 Å². The molecule has 2 nitrogen and oxygen atoms in total. The van der Waals surface area contributed by atoms with Crippen molar-refractivity contribution in [3.05, 3.63) is 34.9 Å². The van der Waals surface area contributed by atoms with Gasteiger partial charge in [0, 0.05) is 19.4 Å². The van der Waals surface area contributed by atoms with Gasteiger partial charge < -0.3 is 10.5 Å². The van der Waals surface area contributed by atoms with E-state index in [0.29, 0.717) is 5.92 Å². The van der Waals surface area contributed by atoms with Crippen molar-refractivity contribution in [1.29, 1.82) is 0 Å². The second-order valence-corrected chi connectivity index (χ2v) is 5.02. The van der Waals surface area contributed by atoms with Crippen LogP contribution in [0.2, 0.25) is 0 Å². The van der Waals surface area contributed by atoms with Crippen molar-refractivity contribution in [2.45, 2.75) is 38.5 Å². The van der Waals surface area contributed by atoms with Crippen LogP contribution in [0, 0.1) is 0 Å². The van der Waals surface area contributed by atoms with E-state index in [0.717, 1.165) is 31.6 Å². The Morgan fingerprint density at radius 1 is 1.39 bits per heavy atom. The van der Waals surface area contributed by atoms with Crippen molar-refractivity contribution in [2.24, 2.45) is 0 Å². The van der Waals surface area contributed by atoms with Gasteiger partial charge in [-0.05, 0) is 60.4 Å². The minimum absolute atomic E-state index is 0.656. The van der Waals surface area contributed by atoms with Gasteiger partial charge >= 0.3 is 0 Å². The van der Waals surface area contributed by atoms with Crippen LogP contribution in [0.5, 0.6) is 0 Å². The molecule has 0 bridgehead atoms. The predicted molar refractivity (Wildman–Crippen MR) is 77.7 cm³/mol. The van der Waals surface area contributed by atoms with Gasteiger partial charge in [0.15, 0.2) is 0 Å². The molecule has 2 N–H and O–H groups in total. The van der Waals surface area contributed by atoms with Crippen molar-refractivity contribution < 1.29 is 4.74 Å². The number of nitrogen functional groups attached to an aromatic ring is 1. The highest BCUT2D eigenvalue weighted by molar-refractivity contribution is 5.65. The summed E-state index contributed by atoms with van der Waals surface area (Å²) in [7, 11) is 1.76. The smallest absolute Gasteiger partial charge is 0.0465 e. The minimum Gasteiger partial charge on any atom is -0.399 e. The van der Waals surface area contributed by atoms with Crippen LogP contribution in [-0.2, 0) is 11.2 Å². The molecule has 1 atom stereocenters. The molecule has 1 aromatic carbocycles. The first-order valence-electron chi connectivity index (χ1n) is 6.84. The van der Waals surface area contributed by atoms with Gasteiger partial charge in [-0.3, -0.25) is 0 Å². The lowest BCUT2D eigenvalue weighted by atomic mass is 9.81. The molecular formula is C16H23NO. The predicted octanol–water partition coefficient (Wildman–Crippen LogP) is 3.76. The zero-order valence-corrected chi connectivity index (χ0v) is 11.4. The van der Waals surface area contributed by atoms with Crippen molar-refractivity contribution >= 4 is 11.8 Å². The van der Waals surface area contributed by atoms with E-state index in [1.807, 2.05) is 0 Å². The zero-order valence-electron chi connectivity index (χ0n) is 11.4. The van der Waals surface area contributed by atoms with E-state index in [4.69, 9.17) is 10.5 Å². The highest BCUT2D eigenvalue weighted by Gasteiger charge is 2.19. The minimum atomic E-state index is 0.656. The Morgan fingerprint density at radius 3 is 2.94 bits per heavy atom. The maximum atomic E-state index is 6.01. The molecule has 0 heterocycles. The molecule has 0 radical (unpaired) electrons. The first-order valence-corrected chi connectivity index (χ1v) is 6.84. The number of benzene rings is 1. The summed E-state index contributed by atoms with van der Waals surface area (Å²) in [5, 5.41) is 0. The number of fused-ring (bicyclic) bond motifs is 1. The molecule has 18 heavy (non-hydrogen) atoms. The highest BCUT2D eigenvalue weighted by Crippen LogP contribution is 2.36. The summed E-state index contributed by atoms with van der Waals surface area (Å²) in [6.45, 7) is 3.08. The SMILES string of the molecule is CC[C@@H]1CC=Cc2cc(N)cc(CCCOC)c21.